The first-order valence-corrected chi connectivity index (χ1v) is 7.23. The third kappa shape index (κ3) is 2.92. The van der Waals surface area contributed by atoms with Gasteiger partial charge < -0.3 is 20.6 Å². The standard InChI is InChI=1S/C19H17NO3/c1-12-17(21)11-16(19(23)18(12)22)20-15-9-7-14(8-10-15)13-5-3-2-4-6-13/h2-11,20-23H,1H3. The number of benzene rings is 3. The molecule has 0 saturated heterocycles. The van der Waals surface area contributed by atoms with Gasteiger partial charge in [-0.05, 0) is 30.2 Å². The Bertz CT molecular complexity index is 827. The molecular formula is C19H17NO3. The molecule has 0 amide bonds. The third-order valence-electron chi connectivity index (χ3n) is 3.77. The van der Waals surface area contributed by atoms with Crippen LogP contribution < -0.4 is 5.32 Å². The number of hydrogen-bond acceptors (Lipinski definition) is 4. The van der Waals surface area contributed by atoms with Gasteiger partial charge in [-0.15, -0.1) is 0 Å². The molecular weight excluding hydrogens is 290 g/mol. The van der Waals surface area contributed by atoms with Crippen molar-refractivity contribution in [2.75, 3.05) is 5.32 Å². The van der Waals surface area contributed by atoms with Gasteiger partial charge in [-0.2, -0.15) is 0 Å². The first kappa shape index (κ1) is 14.8. The predicted octanol–water partition coefficient (Wildman–Crippen LogP) is 4.52. The van der Waals surface area contributed by atoms with Crippen molar-refractivity contribution in [3.05, 3.63) is 66.2 Å². The smallest absolute Gasteiger partial charge is 0.182 e. The quantitative estimate of drug-likeness (QED) is 0.424. The molecule has 3 rings (SSSR count). The van der Waals surface area contributed by atoms with Crippen LogP contribution in [0.15, 0.2) is 60.7 Å². The van der Waals surface area contributed by atoms with Gasteiger partial charge in [0.15, 0.2) is 11.5 Å². The highest BCUT2D eigenvalue weighted by atomic mass is 16.3. The lowest BCUT2D eigenvalue weighted by Crippen LogP contribution is -1.92. The first-order valence-electron chi connectivity index (χ1n) is 7.23. The number of phenolic OH excluding ortho intramolecular Hbond substituents is 3. The number of hydrogen-bond donors (Lipinski definition) is 4. The topological polar surface area (TPSA) is 72.7 Å². The van der Waals surface area contributed by atoms with E-state index in [0.29, 0.717) is 0 Å². The van der Waals surface area contributed by atoms with E-state index in [1.54, 1.807) is 0 Å². The van der Waals surface area contributed by atoms with Gasteiger partial charge in [-0.3, -0.25) is 0 Å². The van der Waals surface area contributed by atoms with E-state index >= 15 is 0 Å². The molecule has 0 spiro atoms. The van der Waals surface area contributed by atoms with Crippen LogP contribution in [0, 0.1) is 6.92 Å². The maximum Gasteiger partial charge on any atom is 0.182 e. The monoisotopic (exact) mass is 307 g/mol. The van der Waals surface area contributed by atoms with Gasteiger partial charge in [-0.1, -0.05) is 42.5 Å². The molecule has 0 radical (unpaired) electrons. The van der Waals surface area contributed by atoms with E-state index in [1.165, 1.54) is 13.0 Å². The maximum absolute atomic E-state index is 9.97. The van der Waals surface area contributed by atoms with Crippen molar-refractivity contribution in [3.63, 3.8) is 0 Å². The van der Waals surface area contributed by atoms with Crippen molar-refractivity contribution >= 4 is 11.4 Å². The second-order valence-electron chi connectivity index (χ2n) is 5.33. The van der Waals surface area contributed by atoms with E-state index in [9.17, 15) is 15.3 Å². The minimum atomic E-state index is -0.326. The molecule has 23 heavy (non-hydrogen) atoms. The van der Waals surface area contributed by atoms with Crippen LogP contribution in [0.25, 0.3) is 11.1 Å². The van der Waals surface area contributed by atoms with E-state index < -0.39 is 0 Å². The highest BCUT2D eigenvalue weighted by Crippen LogP contribution is 2.42. The Balaban J connectivity index is 1.87. The second-order valence-corrected chi connectivity index (χ2v) is 5.33. The van der Waals surface area contributed by atoms with Crippen LogP contribution in [-0.2, 0) is 0 Å². The van der Waals surface area contributed by atoms with E-state index in [4.69, 9.17) is 0 Å². The summed E-state index contributed by atoms with van der Waals surface area (Å²) in [5.41, 5.74) is 3.43. The normalized spacial score (nSPS) is 10.5. The fourth-order valence-electron chi connectivity index (χ4n) is 2.37. The van der Waals surface area contributed by atoms with Gasteiger partial charge in [0.25, 0.3) is 0 Å². The molecule has 4 N–H and O–H groups in total. The van der Waals surface area contributed by atoms with Crippen LogP contribution in [0.4, 0.5) is 11.4 Å². The van der Waals surface area contributed by atoms with Crippen LogP contribution in [-0.4, -0.2) is 15.3 Å². The van der Waals surface area contributed by atoms with Crippen LogP contribution in [0.1, 0.15) is 5.56 Å². The van der Waals surface area contributed by atoms with Crippen LogP contribution in [0.2, 0.25) is 0 Å². The van der Waals surface area contributed by atoms with Gasteiger partial charge in [-0.25, -0.2) is 0 Å². The van der Waals surface area contributed by atoms with Gasteiger partial charge in [0.05, 0.1) is 5.69 Å². The van der Waals surface area contributed by atoms with E-state index in [1.807, 2.05) is 54.6 Å². The van der Waals surface area contributed by atoms with Crippen molar-refractivity contribution in [2.45, 2.75) is 6.92 Å². The minimum absolute atomic E-state index is 0.0799. The van der Waals surface area contributed by atoms with Crippen molar-refractivity contribution in [1.29, 1.82) is 0 Å². The summed E-state index contributed by atoms with van der Waals surface area (Å²) < 4.78 is 0. The predicted molar refractivity (Wildman–Crippen MR) is 91.3 cm³/mol. The number of rotatable bonds is 3. The van der Waals surface area contributed by atoms with Crippen molar-refractivity contribution in [3.8, 4) is 28.4 Å². The van der Waals surface area contributed by atoms with Crippen LogP contribution >= 0.6 is 0 Å². The van der Waals surface area contributed by atoms with Gasteiger partial charge in [0.2, 0.25) is 0 Å². The summed E-state index contributed by atoms with van der Waals surface area (Å²) in [4.78, 5) is 0. The molecule has 0 saturated carbocycles. The number of aromatic hydroxyl groups is 3. The Morgan fingerprint density at radius 1 is 0.739 bits per heavy atom. The molecule has 0 aliphatic heterocycles. The van der Waals surface area contributed by atoms with Crippen LogP contribution in [0.3, 0.4) is 0 Å². The molecule has 4 nitrogen and oxygen atoms in total. The Morgan fingerprint density at radius 3 is 2.00 bits per heavy atom. The molecule has 0 atom stereocenters. The second kappa shape index (κ2) is 5.93. The summed E-state index contributed by atoms with van der Waals surface area (Å²) >= 11 is 0. The lowest BCUT2D eigenvalue weighted by atomic mass is 10.1. The number of nitrogens with one attached hydrogen (secondary N) is 1. The Morgan fingerprint density at radius 2 is 1.35 bits per heavy atom. The fraction of sp³-hybridized carbons (Fsp3) is 0.0526. The SMILES string of the molecule is Cc1c(O)cc(Nc2ccc(-c3ccccc3)cc2)c(O)c1O. The molecule has 116 valence electrons. The summed E-state index contributed by atoms with van der Waals surface area (Å²) in [5, 5.41) is 32.5. The molecule has 0 aromatic heterocycles. The molecule has 0 aliphatic carbocycles. The maximum atomic E-state index is 9.97. The highest BCUT2D eigenvalue weighted by Gasteiger charge is 2.13. The summed E-state index contributed by atoms with van der Waals surface area (Å²) in [6.07, 6.45) is 0. The van der Waals surface area contributed by atoms with Gasteiger partial charge in [0.1, 0.15) is 5.75 Å². The average molecular weight is 307 g/mol. The largest absolute Gasteiger partial charge is 0.507 e. The third-order valence-corrected chi connectivity index (χ3v) is 3.77. The van der Waals surface area contributed by atoms with Crippen molar-refractivity contribution in [1.82, 2.24) is 0 Å². The molecule has 4 heteroatoms. The lowest BCUT2D eigenvalue weighted by Gasteiger charge is -2.13. The van der Waals surface area contributed by atoms with Gasteiger partial charge in [0, 0.05) is 17.3 Å². The Hall–Kier alpha value is -3.14. The Labute approximate surface area is 134 Å². The molecule has 0 unspecified atom stereocenters. The van der Waals surface area contributed by atoms with E-state index in [2.05, 4.69) is 5.32 Å². The molecule has 3 aromatic carbocycles. The van der Waals surface area contributed by atoms with E-state index in [-0.39, 0.29) is 28.5 Å². The zero-order chi connectivity index (χ0) is 16.4. The van der Waals surface area contributed by atoms with E-state index in [0.717, 1.165) is 16.8 Å². The molecule has 0 aliphatic rings. The minimum Gasteiger partial charge on any atom is -0.507 e. The summed E-state index contributed by atoms with van der Waals surface area (Å²) in [6.45, 7) is 1.53. The fourth-order valence-corrected chi connectivity index (χ4v) is 2.37. The summed E-state index contributed by atoms with van der Waals surface area (Å²) in [7, 11) is 0. The molecule has 3 aromatic rings. The number of anilines is 2. The van der Waals surface area contributed by atoms with Crippen molar-refractivity contribution in [2.24, 2.45) is 0 Å². The summed E-state index contributed by atoms with van der Waals surface area (Å²) in [5.74, 6) is -0.690. The molecule has 0 bridgehead atoms. The first-order chi connectivity index (χ1) is 11.1. The van der Waals surface area contributed by atoms with Crippen LogP contribution in [0.5, 0.6) is 17.2 Å². The zero-order valence-corrected chi connectivity index (χ0v) is 12.6. The zero-order valence-electron chi connectivity index (χ0n) is 12.6. The summed E-state index contributed by atoms with van der Waals surface area (Å²) in [6, 6.07) is 19.0. The van der Waals surface area contributed by atoms with Crippen molar-refractivity contribution < 1.29 is 15.3 Å². The lowest BCUT2D eigenvalue weighted by molar-refractivity contribution is 0.394. The number of phenols is 3. The Kier molecular flexibility index (Phi) is 3.81. The molecule has 0 fully saturated rings. The molecule has 0 heterocycles. The highest BCUT2D eigenvalue weighted by molar-refractivity contribution is 5.75. The van der Waals surface area contributed by atoms with Gasteiger partial charge >= 0.3 is 0 Å². The average Bonchev–Trinajstić information content (AvgIpc) is 2.59.